The van der Waals surface area contributed by atoms with Crippen molar-refractivity contribution in [3.05, 3.63) is 11.6 Å². The van der Waals surface area contributed by atoms with Crippen molar-refractivity contribution in [3.8, 4) is 0 Å². The number of esters is 1. The first-order chi connectivity index (χ1) is 25.5. The molecule has 0 aromatic heterocycles. The molecule has 6 fully saturated rings. The summed E-state index contributed by atoms with van der Waals surface area (Å²) in [6.07, 6.45) is -7.51. The summed E-state index contributed by atoms with van der Waals surface area (Å²) in [6, 6.07) is 0. The summed E-state index contributed by atoms with van der Waals surface area (Å²) in [7, 11) is 0. The van der Waals surface area contributed by atoms with Gasteiger partial charge >= 0.3 is 11.9 Å². The average molecular weight is 781 g/mol. The highest BCUT2D eigenvalue weighted by Crippen LogP contribution is 2.76. The molecule has 0 unspecified atom stereocenters. The van der Waals surface area contributed by atoms with Crippen LogP contribution in [0.5, 0.6) is 0 Å². The van der Waals surface area contributed by atoms with E-state index < -0.39 is 95.7 Å². The van der Waals surface area contributed by atoms with Crippen molar-refractivity contribution in [2.24, 2.45) is 50.2 Å². The highest BCUT2D eigenvalue weighted by Gasteiger charge is 2.72. The monoisotopic (exact) mass is 780 g/mol. The van der Waals surface area contributed by atoms with E-state index in [4.69, 9.17) is 18.9 Å². The molecule has 0 bridgehead atoms. The fraction of sp³-hybridized carbons (Fsp3) is 0.902. The summed E-state index contributed by atoms with van der Waals surface area (Å²) < 4.78 is 23.2. The Bertz CT molecular complexity index is 1550. The molecule has 4 saturated carbocycles. The zero-order valence-corrected chi connectivity index (χ0v) is 33.3. The predicted octanol–water partition coefficient (Wildman–Crippen LogP) is 2.02. The molecule has 0 amide bonds. The van der Waals surface area contributed by atoms with Crippen molar-refractivity contribution < 1.29 is 69.4 Å². The molecule has 0 aromatic rings. The van der Waals surface area contributed by atoms with Crippen LogP contribution in [-0.2, 0) is 28.5 Å². The van der Waals surface area contributed by atoms with E-state index in [9.17, 15) is 50.4 Å². The normalized spacial score (nSPS) is 53.0. The zero-order valence-electron chi connectivity index (χ0n) is 33.3. The molecule has 2 heterocycles. The van der Waals surface area contributed by atoms with Crippen molar-refractivity contribution in [3.63, 3.8) is 0 Å². The highest BCUT2D eigenvalue weighted by atomic mass is 16.7. The van der Waals surface area contributed by atoms with Gasteiger partial charge in [-0.1, -0.05) is 60.1 Å². The summed E-state index contributed by atoms with van der Waals surface area (Å²) in [5, 5.41) is 84.4. The fourth-order valence-corrected chi connectivity index (χ4v) is 13.4. The van der Waals surface area contributed by atoms with Crippen LogP contribution in [0.25, 0.3) is 0 Å². The lowest BCUT2D eigenvalue weighted by Crippen LogP contribution is -2.68. The Morgan fingerprint density at radius 3 is 2.11 bits per heavy atom. The molecule has 14 nitrogen and oxygen atoms in total. The van der Waals surface area contributed by atoms with Crippen LogP contribution in [0.3, 0.4) is 0 Å². The number of fused-ring (bicyclic) bond motifs is 7. The lowest BCUT2D eigenvalue weighted by Gasteiger charge is -2.71. The van der Waals surface area contributed by atoms with Crippen LogP contribution in [0.15, 0.2) is 11.6 Å². The molecule has 2 saturated heterocycles. The molecule has 0 spiro atoms. The van der Waals surface area contributed by atoms with Gasteiger partial charge in [-0.25, -0.2) is 4.79 Å². The van der Waals surface area contributed by atoms with Gasteiger partial charge in [0.05, 0.1) is 18.8 Å². The van der Waals surface area contributed by atoms with Crippen LogP contribution in [0.2, 0.25) is 0 Å². The van der Waals surface area contributed by atoms with Crippen molar-refractivity contribution in [1.29, 1.82) is 0 Å². The molecule has 0 radical (unpaired) electrons. The van der Waals surface area contributed by atoms with Crippen LogP contribution < -0.4 is 0 Å². The minimum absolute atomic E-state index is 0.119. The third-order valence-electron chi connectivity index (χ3n) is 16.8. The number of allylic oxidation sites excluding steroid dienone is 2. The number of carboxylic acids is 1. The van der Waals surface area contributed by atoms with Gasteiger partial charge in [-0.05, 0) is 103 Å². The summed E-state index contributed by atoms with van der Waals surface area (Å²) in [5.41, 5.74) is -1.56. The number of carbonyl (C=O) groups excluding carboxylic acids is 1. The van der Waals surface area contributed by atoms with Gasteiger partial charge in [0.1, 0.15) is 42.0 Å². The second-order valence-electron chi connectivity index (χ2n) is 20.4. The van der Waals surface area contributed by atoms with Crippen LogP contribution >= 0.6 is 0 Å². The first-order valence-electron chi connectivity index (χ1n) is 20.3. The van der Waals surface area contributed by atoms with Gasteiger partial charge in [0.25, 0.3) is 0 Å². The Morgan fingerprint density at radius 1 is 0.764 bits per heavy atom. The van der Waals surface area contributed by atoms with E-state index in [1.807, 2.05) is 0 Å². The molecule has 18 atom stereocenters. The summed E-state index contributed by atoms with van der Waals surface area (Å²) in [6.45, 7) is 15.4. The first-order valence-corrected chi connectivity index (χ1v) is 20.3. The number of hydrogen-bond acceptors (Lipinski definition) is 13. The number of aliphatic hydroxyl groups excluding tert-OH is 7. The fourth-order valence-electron chi connectivity index (χ4n) is 13.4. The second kappa shape index (κ2) is 13.7. The minimum Gasteiger partial charge on any atom is -0.479 e. The standard InChI is InChI=1S/C41H64O14/c1-36(2)14-15-41(35(51)55-33-29(47)26(44)21(42)18-52-33)20(16-36)19-8-9-23-38(5)12-11-25(53-34-30(48)27(45)28(46)31(54-34)32(49)50)37(3,4)22(38)10-13-39(23,6)40(19,7)17-24(41)43/h8,20-31,33-34,42-48H,9-18H2,1-7H3,(H,49,50)/t20-,21+,22-,23+,24+,25-,26-,27-,28-,29+,30+,31-,33-,34+,38-,39+,40+,41+/m0/s1. The van der Waals surface area contributed by atoms with Gasteiger partial charge in [-0.3, -0.25) is 4.79 Å². The third-order valence-corrected chi connectivity index (χ3v) is 16.8. The molecule has 2 aliphatic heterocycles. The van der Waals surface area contributed by atoms with Gasteiger partial charge in [0.2, 0.25) is 6.29 Å². The molecule has 7 aliphatic rings. The Balaban J connectivity index is 1.18. The molecule has 8 N–H and O–H groups in total. The van der Waals surface area contributed by atoms with E-state index in [1.54, 1.807) is 0 Å². The van der Waals surface area contributed by atoms with Gasteiger partial charge in [-0.15, -0.1) is 0 Å². The van der Waals surface area contributed by atoms with E-state index in [1.165, 1.54) is 5.57 Å². The Kier molecular flexibility index (Phi) is 10.3. The topological polar surface area (TPSA) is 233 Å². The lowest BCUT2D eigenvalue weighted by molar-refractivity contribution is -0.324. The smallest absolute Gasteiger partial charge is 0.335 e. The minimum atomic E-state index is -1.80. The number of rotatable bonds is 5. The maximum Gasteiger partial charge on any atom is 0.335 e. The van der Waals surface area contributed by atoms with Crippen LogP contribution in [0.1, 0.15) is 106 Å². The largest absolute Gasteiger partial charge is 0.479 e. The quantitative estimate of drug-likeness (QED) is 0.113. The van der Waals surface area contributed by atoms with Crippen molar-refractivity contribution in [1.82, 2.24) is 0 Å². The SMILES string of the molecule is CC1(C)CC[C@]2(C(=O)O[C@@H]3OC[C@@H](O)[C@H](O)[C@H]3O)[C@H](O)C[C@]3(C)C(=CC[C@@H]4[C@@]5(C)CC[C@H](O[C@@H]6O[C@H](C(=O)O)[C@@H](O)[C@H](O)[C@H]6O)C(C)(C)[C@@H]5CC[C@]43C)[C@@H]2C1. The molecular formula is C41H64O14. The second-order valence-corrected chi connectivity index (χ2v) is 20.4. The maximum absolute atomic E-state index is 14.5. The molecule has 312 valence electrons. The third kappa shape index (κ3) is 6.01. The van der Waals surface area contributed by atoms with Crippen LogP contribution in [-0.4, -0.2) is 127 Å². The first kappa shape index (κ1) is 41.4. The number of carbonyl (C=O) groups is 2. The van der Waals surface area contributed by atoms with Crippen molar-refractivity contribution >= 4 is 11.9 Å². The number of hydrogen-bond donors (Lipinski definition) is 8. The maximum atomic E-state index is 14.5. The summed E-state index contributed by atoms with van der Waals surface area (Å²) in [4.78, 5) is 26.3. The summed E-state index contributed by atoms with van der Waals surface area (Å²) in [5.74, 6) is -2.07. The lowest BCUT2D eigenvalue weighted by atomic mass is 9.33. The van der Waals surface area contributed by atoms with Gasteiger partial charge in [0.15, 0.2) is 12.4 Å². The highest BCUT2D eigenvalue weighted by molar-refractivity contribution is 5.80. The number of ether oxygens (including phenoxy) is 4. The molecule has 14 heteroatoms. The van der Waals surface area contributed by atoms with Gasteiger partial charge in [-0.2, -0.15) is 0 Å². The zero-order chi connectivity index (χ0) is 40.4. The molecule has 7 rings (SSSR count). The molecule has 55 heavy (non-hydrogen) atoms. The molecule has 0 aromatic carbocycles. The number of aliphatic carboxylic acids is 1. The Hall–Kier alpha value is -1.72. The predicted molar refractivity (Wildman–Crippen MR) is 193 cm³/mol. The van der Waals surface area contributed by atoms with Crippen molar-refractivity contribution in [2.45, 2.75) is 174 Å². The number of aliphatic hydroxyl groups is 7. The van der Waals surface area contributed by atoms with Crippen molar-refractivity contribution in [2.75, 3.05) is 6.61 Å². The van der Waals surface area contributed by atoms with E-state index in [2.05, 4.69) is 54.5 Å². The van der Waals surface area contributed by atoms with Crippen LogP contribution in [0.4, 0.5) is 0 Å². The Morgan fingerprint density at radius 2 is 1.44 bits per heavy atom. The van der Waals surface area contributed by atoms with E-state index >= 15 is 0 Å². The Labute approximate surface area is 323 Å². The average Bonchev–Trinajstić information content (AvgIpc) is 3.09. The molecular weight excluding hydrogens is 716 g/mol. The van der Waals surface area contributed by atoms with E-state index in [0.29, 0.717) is 32.1 Å². The van der Waals surface area contributed by atoms with Gasteiger partial charge in [0, 0.05) is 0 Å². The van der Waals surface area contributed by atoms with E-state index in [0.717, 1.165) is 25.7 Å². The number of carboxylic acid groups (broad SMARTS) is 1. The van der Waals surface area contributed by atoms with E-state index in [-0.39, 0.29) is 40.6 Å². The summed E-state index contributed by atoms with van der Waals surface area (Å²) >= 11 is 0. The van der Waals surface area contributed by atoms with Gasteiger partial charge < -0.3 is 59.8 Å². The van der Waals surface area contributed by atoms with Crippen LogP contribution in [0, 0.1) is 50.2 Å². The molecule has 5 aliphatic carbocycles.